The number of amides is 2. The first-order valence-corrected chi connectivity index (χ1v) is 9.54. The van der Waals surface area contributed by atoms with Crippen LogP contribution in [0, 0.1) is 5.82 Å². The Bertz CT molecular complexity index is 1060. The standard InChI is InChI=1S/C21H20FN5O3/c22-16-6-2-3-7-17(16)25-20(28)12-30-18-8-4-1-5-15(18)21(29)23-11-19-26-24-13-27(19)14-9-10-14/h1-8,13-14H,9-12H2,(H,23,29)(H,25,28). The second-order valence-electron chi connectivity index (χ2n) is 6.88. The Kier molecular flexibility index (Phi) is 5.69. The van der Waals surface area contributed by atoms with Gasteiger partial charge in [0.1, 0.15) is 17.9 Å². The average molecular weight is 409 g/mol. The van der Waals surface area contributed by atoms with Gasteiger partial charge in [-0.25, -0.2) is 4.39 Å². The van der Waals surface area contributed by atoms with Crippen molar-refractivity contribution in [2.75, 3.05) is 11.9 Å². The third-order valence-corrected chi connectivity index (χ3v) is 4.63. The number of carbonyl (C=O) groups is 2. The number of carbonyl (C=O) groups excluding carboxylic acids is 2. The maximum absolute atomic E-state index is 13.6. The van der Waals surface area contributed by atoms with Crippen molar-refractivity contribution in [1.29, 1.82) is 0 Å². The molecule has 0 saturated heterocycles. The number of aromatic nitrogens is 3. The highest BCUT2D eigenvalue weighted by atomic mass is 19.1. The van der Waals surface area contributed by atoms with Gasteiger partial charge in [0.15, 0.2) is 12.4 Å². The third-order valence-electron chi connectivity index (χ3n) is 4.63. The van der Waals surface area contributed by atoms with E-state index < -0.39 is 11.7 Å². The average Bonchev–Trinajstić information content (AvgIpc) is 3.50. The van der Waals surface area contributed by atoms with E-state index in [0.29, 0.717) is 11.9 Å². The van der Waals surface area contributed by atoms with Crippen LogP contribution < -0.4 is 15.4 Å². The summed E-state index contributed by atoms with van der Waals surface area (Å²) in [4.78, 5) is 24.7. The van der Waals surface area contributed by atoms with E-state index in [2.05, 4.69) is 20.8 Å². The van der Waals surface area contributed by atoms with Crippen LogP contribution in [-0.4, -0.2) is 33.2 Å². The lowest BCUT2D eigenvalue weighted by Gasteiger charge is -2.12. The minimum atomic E-state index is -0.537. The number of halogens is 1. The van der Waals surface area contributed by atoms with E-state index in [-0.39, 0.29) is 36.1 Å². The van der Waals surface area contributed by atoms with Gasteiger partial charge in [0.25, 0.3) is 11.8 Å². The Labute approximate surface area is 172 Å². The molecule has 1 aromatic heterocycles. The molecule has 4 rings (SSSR count). The van der Waals surface area contributed by atoms with Gasteiger partial charge in [0, 0.05) is 6.04 Å². The smallest absolute Gasteiger partial charge is 0.262 e. The normalized spacial score (nSPS) is 13.0. The molecule has 9 heteroatoms. The van der Waals surface area contributed by atoms with Crippen LogP contribution in [0.25, 0.3) is 0 Å². The molecule has 0 atom stereocenters. The minimum absolute atomic E-state index is 0.0666. The summed E-state index contributed by atoms with van der Waals surface area (Å²) in [6.45, 7) is -0.133. The SMILES string of the molecule is O=C(COc1ccccc1C(=O)NCc1nncn1C1CC1)Nc1ccccc1F. The lowest BCUT2D eigenvalue weighted by atomic mass is 10.2. The zero-order valence-electron chi connectivity index (χ0n) is 16.0. The highest BCUT2D eigenvalue weighted by molar-refractivity contribution is 5.97. The molecule has 2 aromatic carbocycles. The fourth-order valence-corrected chi connectivity index (χ4v) is 2.98. The number of para-hydroxylation sites is 2. The molecular formula is C21H20FN5O3. The van der Waals surface area contributed by atoms with Gasteiger partial charge in [-0.05, 0) is 37.1 Å². The monoisotopic (exact) mass is 409 g/mol. The Morgan fingerprint density at radius 3 is 2.70 bits per heavy atom. The predicted octanol–water partition coefficient (Wildman–Crippen LogP) is 2.70. The Balaban J connectivity index is 1.36. The van der Waals surface area contributed by atoms with Crippen LogP contribution in [0.1, 0.15) is 35.1 Å². The van der Waals surface area contributed by atoms with Crippen molar-refractivity contribution in [1.82, 2.24) is 20.1 Å². The van der Waals surface area contributed by atoms with Crippen LogP contribution in [0.15, 0.2) is 54.9 Å². The first-order valence-electron chi connectivity index (χ1n) is 9.54. The van der Waals surface area contributed by atoms with Crippen molar-refractivity contribution >= 4 is 17.5 Å². The topological polar surface area (TPSA) is 98.1 Å². The van der Waals surface area contributed by atoms with Gasteiger partial charge in [-0.1, -0.05) is 24.3 Å². The molecule has 0 bridgehead atoms. The first-order chi connectivity index (χ1) is 14.6. The quantitative estimate of drug-likeness (QED) is 0.596. The molecular weight excluding hydrogens is 389 g/mol. The first kappa shape index (κ1) is 19.6. The summed E-state index contributed by atoms with van der Waals surface area (Å²) in [6, 6.07) is 12.9. The molecule has 1 aliphatic carbocycles. The molecule has 0 radical (unpaired) electrons. The molecule has 1 fully saturated rings. The summed E-state index contributed by atoms with van der Waals surface area (Å²) in [7, 11) is 0. The summed E-state index contributed by atoms with van der Waals surface area (Å²) in [5.41, 5.74) is 0.352. The van der Waals surface area contributed by atoms with Crippen LogP contribution >= 0.6 is 0 Å². The van der Waals surface area contributed by atoms with Crippen molar-refractivity contribution in [2.45, 2.75) is 25.4 Å². The van der Waals surface area contributed by atoms with Crippen LogP contribution in [0.3, 0.4) is 0 Å². The van der Waals surface area contributed by atoms with E-state index in [9.17, 15) is 14.0 Å². The number of anilines is 1. The number of rotatable bonds is 8. The van der Waals surface area contributed by atoms with Crippen molar-refractivity contribution in [3.8, 4) is 5.75 Å². The van der Waals surface area contributed by atoms with E-state index in [1.807, 2.05) is 4.57 Å². The summed E-state index contributed by atoms with van der Waals surface area (Å²) in [5.74, 6) is -0.487. The summed E-state index contributed by atoms with van der Waals surface area (Å²) in [6.07, 6.45) is 3.85. The Morgan fingerprint density at radius 2 is 1.90 bits per heavy atom. The highest BCUT2D eigenvalue weighted by Crippen LogP contribution is 2.35. The zero-order valence-corrected chi connectivity index (χ0v) is 16.0. The second kappa shape index (κ2) is 8.73. The Hall–Kier alpha value is -3.75. The van der Waals surface area contributed by atoms with Gasteiger partial charge in [0.2, 0.25) is 0 Å². The van der Waals surface area contributed by atoms with Crippen molar-refractivity contribution in [3.63, 3.8) is 0 Å². The number of nitrogens with one attached hydrogen (secondary N) is 2. The van der Waals surface area contributed by atoms with Gasteiger partial charge in [-0.3, -0.25) is 9.59 Å². The van der Waals surface area contributed by atoms with E-state index in [0.717, 1.165) is 12.8 Å². The highest BCUT2D eigenvalue weighted by Gasteiger charge is 2.26. The van der Waals surface area contributed by atoms with Crippen molar-refractivity contribution in [2.24, 2.45) is 0 Å². The molecule has 0 aliphatic heterocycles. The molecule has 0 unspecified atom stereocenters. The van der Waals surface area contributed by atoms with Crippen LogP contribution in [0.4, 0.5) is 10.1 Å². The number of hydrogen-bond acceptors (Lipinski definition) is 5. The third kappa shape index (κ3) is 4.62. The molecule has 30 heavy (non-hydrogen) atoms. The summed E-state index contributed by atoms with van der Waals surface area (Å²) < 4.78 is 21.1. The maximum atomic E-state index is 13.6. The minimum Gasteiger partial charge on any atom is -0.483 e. The van der Waals surface area contributed by atoms with E-state index in [1.165, 1.54) is 18.2 Å². The molecule has 3 aromatic rings. The molecule has 8 nitrogen and oxygen atoms in total. The number of benzene rings is 2. The van der Waals surface area contributed by atoms with Crippen LogP contribution in [0.2, 0.25) is 0 Å². The van der Waals surface area contributed by atoms with E-state index in [4.69, 9.17) is 4.74 Å². The Morgan fingerprint density at radius 1 is 1.13 bits per heavy atom. The second-order valence-corrected chi connectivity index (χ2v) is 6.88. The molecule has 2 N–H and O–H groups in total. The molecule has 0 spiro atoms. The van der Waals surface area contributed by atoms with Crippen molar-refractivity contribution in [3.05, 3.63) is 72.1 Å². The van der Waals surface area contributed by atoms with E-state index in [1.54, 1.807) is 36.7 Å². The number of nitrogens with zero attached hydrogens (tertiary/aromatic N) is 3. The van der Waals surface area contributed by atoms with Gasteiger partial charge >= 0.3 is 0 Å². The molecule has 1 aliphatic rings. The summed E-state index contributed by atoms with van der Waals surface area (Å²) in [5, 5.41) is 13.2. The fourth-order valence-electron chi connectivity index (χ4n) is 2.98. The van der Waals surface area contributed by atoms with Crippen molar-refractivity contribution < 1.29 is 18.7 Å². The predicted molar refractivity (Wildman–Crippen MR) is 106 cm³/mol. The van der Waals surface area contributed by atoms with Gasteiger partial charge in [-0.15, -0.1) is 10.2 Å². The van der Waals surface area contributed by atoms with Gasteiger partial charge in [-0.2, -0.15) is 0 Å². The molecule has 1 saturated carbocycles. The van der Waals surface area contributed by atoms with E-state index >= 15 is 0 Å². The van der Waals surface area contributed by atoms with Crippen LogP contribution in [-0.2, 0) is 11.3 Å². The van der Waals surface area contributed by atoms with Gasteiger partial charge in [0.05, 0.1) is 17.8 Å². The summed E-state index contributed by atoms with van der Waals surface area (Å²) >= 11 is 0. The van der Waals surface area contributed by atoms with Crippen LogP contribution in [0.5, 0.6) is 5.75 Å². The van der Waals surface area contributed by atoms with Gasteiger partial charge < -0.3 is 19.9 Å². The number of ether oxygens (including phenoxy) is 1. The lowest BCUT2D eigenvalue weighted by Crippen LogP contribution is -2.26. The molecule has 2 amide bonds. The molecule has 1 heterocycles. The molecule has 154 valence electrons. The zero-order chi connectivity index (χ0) is 20.9. The largest absolute Gasteiger partial charge is 0.483 e. The number of hydrogen-bond donors (Lipinski definition) is 2. The lowest BCUT2D eigenvalue weighted by molar-refractivity contribution is -0.118. The maximum Gasteiger partial charge on any atom is 0.262 e. The fraction of sp³-hybridized carbons (Fsp3) is 0.238.